The van der Waals surface area contributed by atoms with Gasteiger partial charge >= 0.3 is 0 Å². The summed E-state index contributed by atoms with van der Waals surface area (Å²) < 4.78 is 0. The van der Waals surface area contributed by atoms with Crippen LogP contribution in [0, 0.1) is 0 Å². The molecule has 0 radical (unpaired) electrons. The van der Waals surface area contributed by atoms with Crippen LogP contribution in [0.2, 0.25) is 10.0 Å². The van der Waals surface area contributed by atoms with Crippen LogP contribution in [0.15, 0.2) is 54.6 Å². The van der Waals surface area contributed by atoms with E-state index < -0.39 is 6.04 Å². The minimum atomic E-state index is -0.671. The molecule has 1 N–H and O–H groups in total. The third-order valence-electron chi connectivity index (χ3n) is 7.20. The number of halogens is 2. The van der Waals surface area contributed by atoms with Gasteiger partial charge in [0.25, 0.3) is 5.91 Å². The Morgan fingerprint density at radius 3 is 2.29 bits per heavy atom. The Hall–Kier alpha value is -3.09. The van der Waals surface area contributed by atoms with Crippen molar-refractivity contribution in [3.63, 3.8) is 0 Å². The summed E-state index contributed by atoms with van der Waals surface area (Å²) in [4.78, 5) is 43.3. The molecule has 3 amide bonds. The van der Waals surface area contributed by atoms with Crippen LogP contribution in [0.1, 0.15) is 62.4 Å². The highest BCUT2D eigenvalue weighted by atomic mass is 35.5. The molecule has 200 valence electrons. The van der Waals surface area contributed by atoms with Gasteiger partial charge in [0.05, 0.1) is 5.69 Å². The Balaban J connectivity index is 1.52. The minimum Gasteiger partial charge on any atom is -0.352 e. The SMILES string of the molecule is CC[C@@H](C)NC(=O)[C@@H](CC)N(Cc1c(Cl)cccc1Cl)C(=O)CCCN1C(=O)c2cccc3cccc1c23. The zero-order valence-electron chi connectivity index (χ0n) is 22.0. The van der Waals surface area contributed by atoms with Crippen LogP contribution in [-0.2, 0) is 16.1 Å². The molecule has 4 rings (SSSR count). The van der Waals surface area contributed by atoms with E-state index in [9.17, 15) is 14.4 Å². The first kappa shape index (κ1) is 27.9. The highest BCUT2D eigenvalue weighted by Crippen LogP contribution is 2.37. The summed E-state index contributed by atoms with van der Waals surface area (Å²) in [7, 11) is 0. The molecule has 0 aliphatic carbocycles. The molecule has 0 fully saturated rings. The van der Waals surface area contributed by atoms with Crippen LogP contribution in [0.4, 0.5) is 5.69 Å². The molecular formula is C30H33Cl2N3O3. The van der Waals surface area contributed by atoms with Crippen molar-refractivity contribution in [1.29, 1.82) is 0 Å². The van der Waals surface area contributed by atoms with E-state index in [1.165, 1.54) is 0 Å². The third kappa shape index (κ3) is 5.67. The lowest BCUT2D eigenvalue weighted by Crippen LogP contribution is -2.50. The summed E-state index contributed by atoms with van der Waals surface area (Å²) in [5, 5.41) is 5.87. The summed E-state index contributed by atoms with van der Waals surface area (Å²) in [6, 6.07) is 16.1. The van der Waals surface area contributed by atoms with Gasteiger partial charge in [-0.1, -0.05) is 67.4 Å². The monoisotopic (exact) mass is 553 g/mol. The van der Waals surface area contributed by atoms with Crippen molar-refractivity contribution in [3.05, 3.63) is 75.8 Å². The van der Waals surface area contributed by atoms with Gasteiger partial charge in [0, 0.05) is 52.1 Å². The summed E-state index contributed by atoms with van der Waals surface area (Å²) in [5.74, 6) is -0.437. The Labute approximate surface area is 233 Å². The van der Waals surface area contributed by atoms with Crippen LogP contribution in [0.5, 0.6) is 0 Å². The van der Waals surface area contributed by atoms with Crippen molar-refractivity contribution in [3.8, 4) is 0 Å². The maximum absolute atomic E-state index is 13.7. The van der Waals surface area contributed by atoms with Gasteiger partial charge in [0.15, 0.2) is 0 Å². The molecule has 0 bridgehead atoms. The number of benzene rings is 3. The predicted octanol–water partition coefficient (Wildman–Crippen LogP) is 6.61. The Morgan fingerprint density at radius 2 is 1.63 bits per heavy atom. The molecule has 1 aliphatic heterocycles. The summed E-state index contributed by atoms with van der Waals surface area (Å²) in [6.07, 6.45) is 1.85. The van der Waals surface area contributed by atoms with Crippen molar-refractivity contribution in [1.82, 2.24) is 10.2 Å². The topological polar surface area (TPSA) is 69.7 Å². The minimum absolute atomic E-state index is 0.0112. The standard InChI is InChI=1S/C30H33Cl2N3O3/c1-4-19(3)33-29(37)25(5-2)35(18-22-23(31)13-8-14-24(22)32)27(36)16-9-17-34-26-15-7-11-20-10-6-12-21(28(20)26)30(34)38/h6-8,10-15,19,25H,4-5,9,16-18H2,1-3H3,(H,33,37)/t19-,25-/m1/s1. The number of nitrogens with zero attached hydrogens (tertiary/aromatic N) is 2. The first-order chi connectivity index (χ1) is 18.3. The molecule has 0 saturated carbocycles. The molecule has 38 heavy (non-hydrogen) atoms. The van der Waals surface area contributed by atoms with Crippen LogP contribution in [-0.4, -0.2) is 41.2 Å². The molecule has 3 aromatic carbocycles. The maximum atomic E-state index is 13.7. The summed E-state index contributed by atoms with van der Waals surface area (Å²) >= 11 is 12.9. The second-order valence-electron chi connectivity index (χ2n) is 9.70. The summed E-state index contributed by atoms with van der Waals surface area (Å²) in [5.41, 5.74) is 2.16. The van der Waals surface area contributed by atoms with Gasteiger partial charge in [-0.25, -0.2) is 0 Å². The van der Waals surface area contributed by atoms with Gasteiger partial charge in [0.2, 0.25) is 11.8 Å². The second kappa shape index (κ2) is 12.2. The van der Waals surface area contributed by atoms with E-state index in [1.54, 1.807) is 28.0 Å². The third-order valence-corrected chi connectivity index (χ3v) is 7.91. The number of anilines is 1. The fraction of sp³-hybridized carbons (Fsp3) is 0.367. The zero-order valence-corrected chi connectivity index (χ0v) is 23.5. The van der Waals surface area contributed by atoms with E-state index in [1.807, 2.05) is 57.2 Å². The van der Waals surface area contributed by atoms with Crippen LogP contribution in [0.3, 0.4) is 0 Å². The van der Waals surface area contributed by atoms with E-state index in [0.717, 1.165) is 22.9 Å². The fourth-order valence-electron chi connectivity index (χ4n) is 4.95. The highest BCUT2D eigenvalue weighted by Gasteiger charge is 2.32. The summed E-state index contributed by atoms with van der Waals surface area (Å²) in [6.45, 7) is 6.34. The largest absolute Gasteiger partial charge is 0.352 e. The lowest BCUT2D eigenvalue weighted by atomic mass is 10.1. The lowest BCUT2D eigenvalue weighted by Gasteiger charge is -2.32. The lowest BCUT2D eigenvalue weighted by molar-refractivity contribution is -0.141. The fourth-order valence-corrected chi connectivity index (χ4v) is 5.46. The van der Waals surface area contributed by atoms with Crippen molar-refractivity contribution in [2.24, 2.45) is 0 Å². The number of amides is 3. The Kier molecular flexibility index (Phi) is 8.95. The van der Waals surface area contributed by atoms with Gasteiger partial charge in [-0.3, -0.25) is 14.4 Å². The van der Waals surface area contributed by atoms with Crippen LogP contribution < -0.4 is 10.2 Å². The molecule has 8 heteroatoms. The van der Waals surface area contributed by atoms with E-state index in [-0.39, 0.29) is 36.7 Å². The molecule has 3 aromatic rings. The van der Waals surface area contributed by atoms with Crippen molar-refractivity contribution < 1.29 is 14.4 Å². The molecule has 1 aliphatic rings. The maximum Gasteiger partial charge on any atom is 0.258 e. The number of rotatable bonds is 11. The number of hydrogen-bond donors (Lipinski definition) is 1. The van der Waals surface area contributed by atoms with E-state index in [2.05, 4.69) is 5.32 Å². The van der Waals surface area contributed by atoms with Gasteiger partial charge in [0.1, 0.15) is 6.04 Å². The average Bonchev–Trinajstić information content (AvgIpc) is 3.18. The first-order valence-electron chi connectivity index (χ1n) is 13.1. The molecular weight excluding hydrogens is 521 g/mol. The first-order valence-corrected chi connectivity index (χ1v) is 13.9. The van der Waals surface area contributed by atoms with E-state index >= 15 is 0 Å². The van der Waals surface area contributed by atoms with E-state index in [0.29, 0.717) is 40.6 Å². The normalized spacial score (nSPS) is 14.0. The van der Waals surface area contributed by atoms with Crippen LogP contribution in [0.25, 0.3) is 10.8 Å². The van der Waals surface area contributed by atoms with Crippen molar-refractivity contribution >= 4 is 57.4 Å². The number of hydrogen-bond acceptors (Lipinski definition) is 3. The second-order valence-corrected chi connectivity index (χ2v) is 10.5. The van der Waals surface area contributed by atoms with Crippen molar-refractivity contribution in [2.45, 2.75) is 65.1 Å². The predicted molar refractivity (Wildman–Crippen MR) is 154 cm³/mol. The molecule has 6 nitrogen and oxygen atoms in total. The van der Waals surface area contributed by atoms with Gasteiger partial charge in [-0.2, -0.15) is 0 Å². The molecule has 0 spiro atoms. The average molecular weight is 555 g/mol. The van der Waals surface area contributed by atoms with Gasteiger partial charge in [-0.05, 0) is 55.8 Å². The molecule has 0 unspecified atom stereocenters. The number of nitrogens with one attached hydrogen (secondary N) is 1. The Bertz CT molecular complexity index is 1330. The molecule has 1 heterocycles. The highest BCUT2D eigenvalue weighted by molar-refractivity contribution is 6.36. The number of carbonyl (C=O) groups excluding carboxylic acids is 3. The molecule has 0 aromatic heterocycles. The Morgan fingerprint density at radius 1 is 0.974 bits per heavy atom. The molecule has 2 atom stereocenters. The number of carbonyl (C=O) groups is 3. The quantitative estimate of drug-likeness (QED) is 0.290. The van der Waals surface area contributed by atoms with E-state index in [4.69, 9.17) is 23.2 Å². The van der Waals surface area contributed by atoms with Gasteiger partial charge < -0.3 is 15.1 Å². The smallest absolute Gasteiger partial charge is 0.258 e. The van der Waals surface area contributed by atoms with Crippen LogP contribution >= 0.6 is 23.2 Å². The van der Waals surface area contributed by atoms with Crippen molar-refractivity contribution in [2.75, 3.05) is 11.4 Å². The van der Waals surface area contributed by atoms with Gasteiger partial charge in [-0.15, -0.1) is 0 Å². The molecule has 0 saturated heterocycles. The zero-order chi connectivity index (χ0) is 27.4.